The lowest BCUT2D eigenvalue weighted by molar-refractivity contribution is 0.102. The van der Waals surface area contributed by atoms with Gasteiger partial charge in [-0.05, 0) is 42.5 Å². The van der Waals surface area contributed by atoms with Crippen LogP contribution in [-0.4, -0.2) is 10.9 Å². The van der Waals surface area contributed by atoms with Gasteiger partial charge in [0.05, 0.1) is 15.7 Å². The zero-order valence-corrected chi connectivity index (χ0v) is 17.3. The van der Waals surface area contributed by atoms with Crippen LogP contribution < -0.4 is 10.1 Å². The first-order valence-electron chi connectivity index (χ1n) is 8.64. The van der Waals surface area contributed by atoms with E-state index in [1.165, 1.54) is 11.3 Å². The van der Waals surface area contributed by atoms with Crippen molar-refractivity contribution in [3.8, 4) is 22.8 Å². The molecule has 1 N–H and O–H groups in total. The SMILES string of the molecule is O=C(Nc1nc(-c2ccc(Cl)c(Cl)c2)cs1)c1cccc(Oc2ccccc2)c1. The normalized spacial score (nSPS) is 10.6. The van der Waals surface area contributed by atoms with Crippen molar-refractivity contribution in [2.45, 2.75) is 0 Å². The first-order chi connectivity index (χ1) is 14.1. The number of para-hydroxylation sites is 1. The molecule has 0 radical (unpaired) electrons. The highest BCUT2D eigenvalue weighted by Gasteiger charge is 2.12. The van der Waals surface area contributed by atoms with E-state index in [0.29, 0.717) is 37.9 Å². The molecule has 4 aromatic rings. The first kappa shape index (κ1) is 19.5. The predicted octanol–water partition coefficient (Wildman–Crippen LogP) is 7.16. The zero-order valence-electron chi connectivity index (χ0n) is 14.9. The number of thiazole rings is 1. The second-order valence-electron chi connectivity index (χ2n) is 6.06. The average Bonchev–Trinajstić information content (AvgIpc) is 3.19. The number of benzene rings is 3. The van der Waals surface area contributed by atoms with Gasteiger partial charge < -0.3 is 4.74 Å². The number of ether oxygens (including phenoxy) is 1. The molecule has 0 bridgehead atoms. The highest BCUT2D eigenvalue weighted by Crippen LogP contribution is 2.31. The van der Waals surface area contributed by atoms with Crippen LogP contribution in [0.2, 0.25) is 10.0 Å². The summed E-state index contributed by atoms with van der Waals surface area (Å²) in [6.07, 6.45) is 0. The Balaban J connectivity index is 1.48. The van der Waals surface area contributed by atoms with Crippen LogP contribution in [0, 0.1) is 0 Å². The fraction of sp³-hybridized carbons (Fsp3) is 0. The minimum Gasteiger partial charge on any atom is -0.457 e. The molecule has 1 amide bonds. The lowest BCUT2D eigenvalue weighted by Gasteiger charge is -2.07. The largest absolute Gasteiger partial charge is 0.457 e. The predicted molar refractivity (Wildman–Crippen MR) is 118 cm³/mol. The number of carbonyl (C=O) groups excluding carboxylic acids is 1. The maximum absolute atomic E-state index is 12.6. The topological polar surface area (TPSA) is 51.2 Å². The van der Waals surface area contributed by atoms with Crippen molar-refractivity contribution >= 4 is 45.6 Å². The van der Waals surface area contributed by atoms with Gasteiger partial charge in [-0.15, -0.1) is 11.3 Å². The fourth-order valence-corrected chi connectivity index (χ4v) is 3.63. The Morgan fingerprint density at radius 2 is 1.69 bits per heavy atom. The molecule has 0 atom stereocenters. The molecule has 1 aromatic heterocycles. The van der Waals surface area contributed by atoms with Crippen molar-refractivity contribution < 1.29 is 9.53 Å². The number of hydrogen-bond acceptors (Lipinski definition) is 4. The summed E-state index contributed by atoms with van der Waals surface area (Å²) in [6.45, 7) is 0. The Bertz CT molecular complexity index is 1160. The van der Waals surface area contributed by atoms with E-state index in [2.05, 4.69) is 10.3 Å². The molecule has 4 nitrogen and oxygen atoms in total. The van der Waals surface area contributed by atoms with Crippen molar-refractivity contribution in [3.63, 3.8) is 0 Å². The Morgan fingerprint density at radius 3 is 2.48 bits per heavy atom. The van der Waals surface area contributed by atoms with Gasteiger partial charge in [-0.3, -0.25) is 10.1 Å². The minimum atomic E-state index is -0.265. The molecule has 3 aromatic carbocycles. The van der Waals surface area contributed by atoms with Gasteiger partial charge in [0, 0.05) is 16.5 Å². The van der Waals surface area contributed by atoms with Crippen LogP contribution in [0.4, 0.5) is 5.13 Å². The Morgan fingerprint density at radius 1 is 0.897 bits per heavy atom. The lowest BCUT2D eigenvalue weighted by atomic mass is 10.2. The standard InChI is InChI=1S/C22H14Cl2N2O2S/c23-18-10-9-14(12-19(18)24)20-13-29-22(25-20)26-21(27)15-5-4-8-17(11-15)28-16-6-2-1-3-7-16/h1-13H,(H,25,26,27). The van der Waals surface area contributed by atoms with Crippen molar-refractivity contribution in [2.75, 3.05) is 5.32 Å². The molecule has 7 heteroatoms. The van der Waals surface area contributed by atoms with Gasteiger partial charge in [-0.25, -0.2) is 4.98 Å². The Hall–Kier alpha value is -2.86. The third-order valence-corrected chi connectivity index (χ3v) is 5.51. The summed E-state index contributed by atoms with van der Waals surface area (Å²) in [5, 5.41) is 6.10. The van der Waals surface area contributed by atoms with Gasteiger partial charge in [0.15, 0.2) is 5.13 Å². The summed E-state index contributed by atoms with van der Waals surface area (Å²) in [4.78, 5) is 17.1. The monoisotopic (exact) mass is 440 g/mol. The number of nitrogens with one attached hydrogen (secondary N) is 1. The summed E-state index contributed by atoms with van der Waals surface area (Å²) >= 11 is 13.4. The minimum absolute atomic E-state index is 0.265. The quantitative estimate of drug-likeness (QED) is 0.358. The van der Waals surface area contributed by atoms with Gasteiger partial charge in [0.2, 0.25) is 0 Å². The van der Waals surface area contributed by atoms with Crippen LogP contribution in [0.5, 0.6) is 11.5 Å². The van der Waals surface area contributed by atoms with Gasteiger partial charge in [-0.1, -0.05) is 53.5 Å². The molecule has 29 heavy (non-hydrogen) atoms. The number of amides is 1. The average molecular weight is 441 g/mol. The number of aromatic nitrogens is 1. The van der Waals surface area contributed by atoms with Crippen LogP contribution in [0.25, 0.3) is 11.3 Å². The molecule has 0 aliphatic carbocycles. The van der Waals surface area contributed by atoms with Gasteiger partial charge in [-0.2, -0.15) is 0 Å². The number of nitrogens with zero attached hydrogens (tertiary/aromatic N) is 1. The van der Waals surface area contributed by atoms with Crippen molar-refractivity contribution in [3.05, 3.63) is 93.8 Å². The van der Waals surface area contributed by atoms with E-state index in [0.717, 1.165) is 5.56 Å². The smallest absolute Gasteiger partial charge is 0.257 e. The summed E-state index contributed by atoms with van der Waals surface area (Å²) in [5.74, 6) is 1.02. The molecular formula is C22H14Cl2N2O2S. The van der Waals surface area contributed by atoms with Crippen LogP contribution in [0.15, 0.2) is 78.2 Å². The van der Waals surface area contributed by atoms with Crippen LogP contribution >= 0.6 is 34.5 Å². The van der Waals surface area contributed by atoms with E-state index in [-0.39, 0.29) is 5.91 Å². The van der Waals surface area contributed by atoms with E-state index >= 15 is 0 Å². The molecular weight excluding hydrogens is 427 g/mol. The van der Waals surface area contributed by atoms with Crippen molar-refractivity contribution in [1.82, 2.24) is 4.98 Å². The second-order valence-corrected chi connectivity index (χ2v) is 7.74. The molecule has 0 aliphatic heterocycles. The third kappa shape index (κ3) is 4.77. The Labute approximate surface area is 181 Å². The molecule has 0 unspecified atom stereocenters. The zero-order chi connectivity index (χ0) is 20.2. The maximum Gasteiger partial charge on any atom is 0.257 e. The third-order valence-electron chi connectivity index (χ3n) is 4.02. The van der Waals surface area contributed by atoms with E-state index < -0.39 is 0 Å². The molecule has 144 valence electrons. The maximum atomic E-state index is 12.6. The van der Waals surface area contributed by atoms with Gasteiger partial charge in [0.1, 0.15) is 11.5 Å². The van der Waals surface area contributed by atoms with Crippen molar-refractivity contribution in [1.29, 1.82) is 0 Å². The molecule has 0 aliphatic rings. The second kappa shape index (κ2) is 8.66. The van der Waals surface area contributed by atoms with Gasteiger partial charge >= 0.3 is 0 Å². The molecule has 0 fully saturated rings. The number of anilines is 1. The first-order valence-corrected chi connectivity index (χ1v) is 10.3. The molecule has 1 heterocycles. The molecule has 4 rings (SSSR count). The molecule has 0 spiro atoms. The molecule has 0 saturated carbocycles. The number of hydrogen-bond donors (Lipinski definition) is 1. The fourth-order valence-electron chi connectivity index (χ4n) is 2.61. The number of carbonyl (C=O) groups is 1. The van der Waals surface area contributed by atoms with Crippen molar-refractivity contribution in [2.24, 2.45) is 0 Å². The summed E-state index contributed by atoms with van der Waals surface area (Å²) in [6, 6.07) is 21.7. The van der Waals surface area contributed by atoms with E-state index in [1.54, 1.807) is 36.4 Å². The van der Waals surface area contributed by atoms with Crippen LogP contribution in [0.3, 0.4) is 0 Å². The number of halogens is 2. The van der Waals surface area contributed by atoms with E-state index in [9.17, 15) is 4.79 Å². The van der Waals surface area contributed by atoms with Gasteiger partial charge in [0.25, 0.3) is 5.91 Å². The number of rotatable bonds is 5. The van der Waals surface area contributed by atoms with Crippen LogP contribution in [-0.2, 0) is 0 Å². The van der Waals surface area contributed by atoms with Crippen LogP contribution in [0.1, 0.15) is 10.4 Å². The summed E-state index contributed by atoms with van der Waals surface area (Å²) in [7, 11) is 0. The van der Waals surface area contributed by atoms with E-state index in [4.69, 9.17) is 27.9 Å². The summed E-state index contributed by atoms with van der Waals surface area (Å²) in [5.41, 5.74) is 2.02. The highest BCUT2D eigenvalue weighted by molar-refractivity contribution is 7.14. The van der Waals surface area contributed by atoms with E-state index in [1.807, 2.05) is 41.8 Å². The summed E-state index contributed by atoms with van der Waals surface area (Å²) < 4.78 is 5.79. The molecule has 0 saturated heterocycles. The Kier molecular flexibility index (Phi) is 5.81. The highest BCUT2D eigenvalue weighted by atomic mass is 35.5. The lowest BCUT2D eigenvalue weighted by Crippen LogP contribution is -2.11.